The Morgan fingerprint density at radius 1 is 1.25 bits per heavy atom. The molecule has 0 aliphatic rings. The first-order valence-corrected chi connectivity index (χ1v) is 7.15. The first kappa shape index (κ1) is 16.2. The summed E-state index contributed by atoms with van der Waals surface area (Å²) in [6.07, 6.45) is 2.00. The van der Waals surface area contributed by atoms with E-state index in [-0.39, 0.29) is 24.4 Å². The number of hydrogen-bond donors (Lipinski definition) is 1. The lowest BCUT2D eigenvalue weighted by Crippen LogP contribution is -2.41. The van der Waals surface area contributed by atoms with Gasteiger partial charge in [0.1, 0.15) is 6.54 Å². The number of hydrogen-bond acceptors (Lipinski definition) is 2. The van der Waals surface area contributed by atoms with Crippen LogP contribution in [0.2, 0.25) is 0 Å². The molecule has 2 amide bonds. The molecule has 0 saturated carbocycles. The summed E-state index contributed by atoms with van der Waals surface area (Å²) in [7, 11) is 0. The van der Waals surface area contributed by atoms with Gasteiger partial charge in [-0.15, -0.1) is 0 Å². The van der Waals surface area contributed by atoms with Crippen LogP contribution in [-0.4, -0.2) is 29.8 Å². The highest BCUT2D eigenvalue weighted by atomic mass is 16.2. The minimum atomic E-state index is -0.106. The van der Waals surface area contributed by atoms with Crippen LogP contribution in [0, 0.1) is 0 Å². The minimum Gasteiger partial charge on any atom is -0.355 e. The molecule has 0 aliphatic heterocycles. The standard InChI is InChI=1S/C16H24N2O2/c1-4-5-11-17-16(20)12-18(14(3)19)13(2)15-9-7-6-8-10-15/h6-10,13H,4-5,11-12H2,1-3H3,(H,17,20). The van der Waals surface area contributed by atoms with Gasteiger partial charge in [-0.1, -0.05) is 43.7 Å². The zero-order valence-electron chi connectivity index (χ0n) is 12.6. The summed E-state index contributed by atoms with van der Waals surface area (Å²) in [6.45, 7) is 6.29. The van der Waals surface area contributed by atoms with Crippen LogP contribution < -0.4 is 5.32 Å². The highest BCUT2D eigenvalue weighted by molar-refractivity contribution is 5.84. The van der Waals surface area contributed by atoms with E-state index in [0.29, 0.717) is 6.54 Å². The van der Waals surface area contributed by atoms with Crippen LogP contribution in [0.15, 0.2) is 30.3 Å². The van der Waals surface area contributed by atoms with E-state index in [1.54, 1.807) is 4.90 Å². The Bertz CT molecular complexity index is 431. The Morgan fingerprint density at radius 2 is 1.90 bits per heavy atom. The maximum absolute atomic E-state index is 11.9. The molecule has 0 radical (unpaired) electrons. The van der Waals surface area contributed by atoms with Gasteiger partial charge in [0.15, 0.2) is 0 Å². The Kier molecular flexibility index (Phi) is 6.77. The van der Waals surface area contributed by atoms with Gasteiger partial charge in [-0.3, -0.25) is 9.59 Å². The molecule has 0 spiro atoms. The first-order valence-electron chi connectivity index (χ1n) is 7.15. The fraction of sp³-hybridized carbons (Fsp3) is 0.500. The lowest BCUT2D eigenvalue weighted by Gasteiger charge is -2.28. The molecule has 1 rings (SSSR count). The van der Waals surface area contributed by atoms with Gasteiger partial charge in [-0.25, -0.2) is 0 Å². The van der Waals surface area contributed by atoms with E-state index in [2.05, 4.69) is 12.2 Å². The molecule has 0 bridgehead atoms. The number of carbonyl (C=O) groups is 2. The summed E-state index contributed by atoms with van der Waals surface area (Å²) in [5.41, 5.74) is 1.03. The van der Waals surface area contributed by atoms with Gasteiger partial charge in [0.25, 0.3) is 0 Å². The lowest BCUT2D eigenvalue weighted by atomic mass is 10.1. The summed E-state index contributed by atoms with van der Waals surface area (Å²) in [5.74, 6) is -0.191. The van der Waals surface area contributed by atoms with Crippen molar-refractivity contribution < 1.29 is 9.59 Å². The predicted molar refractivity (Wildman–Crippen MR) is 80.2 cm³/mol. The van der Waals surface area contributed by atoms with Gasteiger partial charge in [0.05, 0.1) is 6.04 Å². The van der Waals surface area contributed by atoms with Crippen LogP contribution in [-0.2, 0) is 9.59 Å². The molecule has 4 heteroatoms. The van der Waals surface area contributed by atoms with E-state index in [9.17, 15) is 9.59 Å². The van der Waals surface area contributed by atoms with Gasteiger partial charge in [0, 0.05) is 13.5 Å². The van der Waals surface area contributed by atoms with Crippen LogP contribution in [0.1, 0.15) is 45.2 Å². The number of benzene rings is 1. The Morgan fingerprint density at radius 3 is 2.45 bits per heavy atom. The van der Waals surface area contributed by atoms with E-state index in [1.165, 1.54) is 6.92 Å². The van der Waals surface area contributed by atoms with Gasteiger partial charge in [-0.05, 0) is 18.9 Å². The fourth-order valence-electron chi connectivity index (χ4n) is 2.05. The zero-order chi connectivity index (χ0) is 15.0. The van der Waals surface area contributed by atoms with Gasteiger partial charge < -0.3 is 10.2 Å². The van der Waals surface area contributed by atoms with Crippen LogP contribution in [0.5, 0.6) is 0 Å². The third-order valence-corrected chi connectivity index (χ3v) is 3.32. The summed E-state index contributed by atoms with van der Waals surface area (Å²) in [4.78, 5) is 25.2. The zero-order valence-corrected chi connectivity index (χ0v) is 12.6. The Labute approximate surface area is 121 Å². The van der Waals surface area contributed by atoms with Gasteiger partial charge in [-0.2, -0.15) is 0 Å². The SMILES string of the molecule is CCCCNC(=O)CN(C(C)=O)C(C)c1ccccc1. The quantitative estimate of drug-likeness (QED) is 0.778. The third-order valence-electron chi connectivity index (χ3n) is 3.32. The highest BCUT2D eigenvalue weighted by Gasteiger charge is 2.20. The number of unbranched alkanes of at least 4 members (excludes halogenated alkanes) is 1. The van der Waals surface area contributed by atoms with Crippen molar-refractivity contribution in [2.24, 2.45) is 0 Å². The van der Waals surface area contributed by atoms with Crippen molar-refractivity contribution in [2.75, 3.05) is 13.1 Å². The maximum Gasteiger partial charge on any atom is 0.239 e. The largest absolute Gasteiger partial charge is 0.355 e. The van der Waals surface area contributed by atoms with Crippen LogP contribution in [0.4, 0.5) is 0 Å². The number of amides is 2. The first-order chi connectivity index (χ1) is 9.56. The molecule has 1 aromatic rings. The molecule has 20 heavy (non-hydrogen) atoms. The summed E-state index contributed by atoms with van der Waals surface area (Å²) in [5, 5.41) is 2.84. The second-order valence-electron chi connectivity index (χ2n) is 4.94. The molecule has 1 N–H and O–H groups in total. The van der Waals surface area contributed by atoms with E-state index in [1.807, 2.05) is 37.3 Å². The van der Waals surface area contributed by atoms with Crippen molar-refractivity contribution in [3.05, 3.63) is 35.9 Å². The van der Waals surface area contributed by atoms with Gasteiger partial charge >= 0.3 is 0 Å². The molecule has 110 valence electrons. The van der Waals surface area contributed by atoms with E-state index in [0.717, 1.165) is 18.4 Å². The van der Waals surface area contributed by atoms with Crippen molar-refractivity contribution in [1.29, 1.82) is 0 Å². The normalized spacial score (nSPS) is 11.8. The topological polar surface area (TPSA) is 49.4 Å². The number of nitrogens with one attached hydrogen (secondary N) is 1. The lowest BCUT2D eigenvalue weighted by molar-refractivity contribution is -0.136. The number of rotatable bonds is 7. The Balaban J connectivity index is 2.65. The average Bonchev–Trinajstić information content (AvgIpc) is 2.45. The molecule has 4 nitrogen and oxygen atoms in total. The smallest absolute Gasteiger partial charge is 0.239 e. The minimum absolute atomic E-state index is 0.0907. The Hall–Kier alpha value is -1.84. The van der Waals surface area contributed by atoms with E-state index >= 15 is 0 Å². The molecule has 1 unspecified atom stereocenters. The van der Waals surface area contributed by atoms with Crippen molar-refractivity contribution in [2.45, 2.75) is 39.7 Å². The van der Waals surface area contributed by atoms with Crippen molar-refractivity contribution in [1.82, 2.24) is 10.2 Å². The molecule has 1 atom stereocenters. The van der Waals surface area contributed by atoms with Crippen LogP contribution in [0.25, 0.3) is 0 Å². The van der Waals surface area contributed by atoms with Crippen LogP contribution >= 0.6 is 0 Å². The maximum atomic E-state index is 11.9. The molecule has 0 aromatic heterocycles. The third kappa shape index (κ3) is 5.03. The molecule has 0 heterocycles. The van der Waals surface area contributed by atoms with E-state index in [4.69, 9.17) is 0 Å². The second-order valence-corrected chi connectivity index (χ2v) is 4.94. The van der Waals surface area contributed by atoms with Crippen molar-refractivity contribution in [3.63, 3.8) is 0 Å². The summed E-state index contributed by atoms with van der Waals surface area (Å²) < 4.78 is 0. The van der Waals surface area contributed by atoms with E-state index < -0.39 is 0 Å². The summed E-state index contributed by atoms with van der Waals surface area (Å²) in [6, 6.07) is 9.64. The fourth-order valence-corrected chi connectivity index (χ4v) is 2.05. The molecular formula is C16H24N2O2. The number of nitrogens with zero attached hydrogens (tertiary/aromatic N) is 1. The molecule has 0 saturated heterocycles. The molecular weight excluding hydrogens is 252 g/mol. The highest BCUT2D eigenvalue weighted by Crippen LogP contribution is 2.19. The van der Waals surface area contributed by atoms with Crippen molar-refractivity contribution >= 4 is 11.8 Å². The molecule has 0 fully saturated rings. The molecule has 0 aliphatic carbocycles. The predicted octanol–water partition coefficient (Wildman–Crippen LogP) is 2.51. The van der Waals surface area contributed by atoms with Crippen LogP contribution in [0.3, 0.4) is 0 Å². The average molecular weight is 276 g/mol. The van der Waals surface area contributed by atoms with Crippen molar-refractivity contribution in [3.8, 4) is 0 Å². The number of carbonyl (C=O) groups excluding carboxylic acids is 2. The monoisotopic (exact) mass is 276 g/mol. The molecule has 1 aromatic carbocycles. The second kappa shape index (κ2) is 8.35. The van der Waals surface area contributed by atoms with Gasteiger partial charge in [0.2, 0.25) is 11.8 Å². The summed E-state index contributed by atoms with van der Waals surface area (Å²) >= 11 is 0.